The molecule has 0 aliphatic heterocycles. The maximum absolute atomic E-state index is 11.2. The minimum absolute atomic E-state index is 0.0507. The molecule has 0 amide bonds. The van der Waals surface area contributed by atoms with E-state index in [9.17, 15) is 14.4 Å². The van der Waals surface area contributed by atoms with E-state index >= 15 is 0 Å². The van der Waals surface area contributed by atoms with Gasteiger partial charge in [-0.3, -0.25) is 0 Å². The zero-order chi connectivity index (χ0) is 14.2. The van der Waals surface area contributed by atoms with E-state index in [1.54, 1.807) is 0 Å². The van der Waals surface area contributed by atoms with Gasteiger partial charge in [-0.15, -0.1) is 0 Å². The molecule has 0 atom stereocenters. The van der Waals surface area contributed by atoms with E-state index < -0.39 is 34.7 Å². The quantitative estimate of drug-likeness (QED) is 0.735. The van der Waals surface area contributed by atoms with E-state index in [1.165, 1.54) is 6.07 Å². The van der Waals surface area contributed by atoms with Crippen LogP contribution in [0.5, 0.6) is 0 Å². The molecule has 0 aliphatic carbocycles. The number of rotatable bonds is 3. The summed E-state index contributed by atoms with van der Waals surface area (Å²) < 4.78 is 0. The molecule has 8 heteroatoms. The second-order valence-electron chi connectivity index (χ2n) is 3.52. The van der Waals surface area contributed by atoms with Crippen LogP contribution in [0.25, 0.3) is 10.9 Å². The van der Waals surface area contributed by atoms with Gasteiger partial charge in [-0.25, -0.2) is 24.4 Å². The van der Waals surface area contributed by atoms with Crippen molar-refractivity contribution in [3.8, 4) is 0 Å². The Morgan fingerprint density at radius 3 is 2.11 bits per heavy atom. The van der Waals surface area contributed by atoms with Crippen LogP contribution in [0.2, 0.25) is 0 Å². The predicted octanol–water partition coefficient (Wildman–Crippen LogP) is 0.724. The molecule has 0 spiro atoms. The third-order valence-electron chi connectivity index (χ3n) is 2.45. The molecule has 3 N–H and O–H groups in total. The lowest BCUT2D eigenvalue weighted by Gasteiger charge is -2.07. The van der Waals surface area contributed by atoms with Gasteiger partial charge >= 0.3 is 17.9 Å². The number of carboxylic acid groups (broad SMARTS) is 3. The van der Waals surface area contributed by atoms with Gasteiger partial charge in [0.2, 0.25) is 0 Å². The van der Waals surface area contributed by atoms with E-state index in [1.807, 2.05) is 0 Å². The summed E-state index contributed by atoms with van der Waals surface area (Å²) in [5.74, 6) is -4.49. The second kappa shape index (κ2) is 4.33. The first-order valence-electron chi connectivity index (χ1n) is 4.91. The lowest BCUT2D eigenvalue weighted by Crippen LogP contribution is -2.12. The highest BCUT2D eigenvalue weighted by Gasteiger charge is 2.24. The molecule has 19 heavy (non-hydrogen) atoms. The van der Waals surface area contributed by atoms with Gasteiger partial charge in [-0.2, -0.15) is 0 Å². The normalized spacial score (nSPS) is 10.3. The molecule has 96 valence electrons. The van der Waals surface area contributed by atoms with E-state index in [0.29, 0.717) is 0 Å². The third kappa shape index (κ3) is 1.95. The lowest BCUT2D eigenvalue weighted by atomic mass is 10.0. The van der Waals surface area contributed by atoms with E-state index in [0.717, 1.165) is 12.4 Å². The van der Waals surface area contributed by atoms with Crippen LogP contribution in [0.4, 0.5) is 0 Å². The summed E-state index contributed by atoms with van der Waals surface area (Å²) in [5.41, 5.74) is -1.65. The average Bonchev–Trinajstić information content (AvgIpc) is 2.35. The molecule has 0 unspecified atom stereocenters. The van der Waals surface area contributed by atoms with Gasteiger partial charge in [0.05, 0.1) is 16.6 Å². The molecule has 0 saturated carbocycles. The number of carbonyl (C=O) groups is 3. The Hall–Kier alpha value is -3.03. The zero-order valence-electron chi connectivity index (χ0n) is 9.19. The maximum atomic E-state index is 11.2. The van der Waals surface area contributed by atoms with Crippen molar-refractivity contribution in [2.24, 2.45) is 0 Å². The van der Waals surface area contributed by atoms with Gasteiger partial charge in [-0.05, 0) is 12.1 Å². The molecular weight excluding hydrogens is 256 g/mol. The van der Waals surface area contributed by atoms with Crippen LogP contribution in [0.3, 0.4) is 0 Å². The predicted molar refractivity (Wildman–Crippen MR) is 60.4 cm³/mol. The number of carboxylic acids is 3. The fraction of sp³-hybridized carbons (Fsp3) is 0. The number of hydrogen-bond donors (Lipinski definition) is 3. The van der Waals surface area contributed by atoms with Crippen LogP contribution in [-0.4, -0.2) is 43.2 Å². The SMILES string of the molecule is O=C(O)c1ccc2ncnc(C(=O)O)c2c1C(=O)O. The lowest BCUT2D eigenvalue weighted by molar-refractivity contribution is 0.0652. The number of fused-ring (bicyclic) bond motifs is 1. The smallest absolute Gasteiger partial charge is 0.355 e. The summed E-state index contributed by atoms with van der Waals surface area (Å²) in [5, 5.41) is 26.7. The molecule has 2 rings (SSSR count). The molecule has 0 radical (unpaired) electrons. The first kappa shape index (κ1) is 12.4. The van der Waals surface area contributed by atoms with Crippen LogP contribution >= 0.6 is 0 Å². The van der Waals surface area contributed by atoms with E-state index in [4.69, 9.17) is 15.3 Å². The molecule has 0 bridgehead atoms. The number of benzene rings is 1. The summed E-state index contributed by atoms with van der Waals surface area (Å²) in [7, 11) is 0. The highest BCUT2D eigenvalue weighted by atomic mass is 16.4. The van der Waals surface area contributed by atoms with Crippen molar-refractivity contribution in [3.05, 3.63) is 35.3 Å². The third-order valence-corrected chi connectivity index (χ3v) is 2.45. The van der Waals surface area contributed by atoms with Crippen molar-refractivity contribution in [1.29, 1.82) is 0 Å². The highest BCUT2D eigenvalue weighted by molar-refractivity contribution is 6.15. The van der Waals surface area contributed by atoms with Gasteiger partial charge < -0.3 is 15.3 Å². The minimum Gasteiger partial charge on any atom is -0.478 e. The van der Waals surface area contributed by atoms with E-state index in [-0.39, 0.29) is 10.9 Å². The van der Waals surface area contributed by atoms with Crippen molar-refractivity contribution in [1.82, 2.24) is 9.97 Å². The first-order valence-corrected chi connectivity index (χ1v) is 4.91. The summed E-state index contributed by atoms with van der Waals surface area (Å²) in [6.07, 6.45) is 0.970. The Labute approximate surface area is 105 Å². The van der Waals surface area contributed by atoms with Gasteiger partial charge in [0, 0.05) is 5.39 Å². The molecule has 1 aromatic heterocycles. The maximum Gasteiger partial charge on any atom is 0.355 e. The number of aromatic nitrogens is 2. The molecule has 0 aliphatic rings. The Bertz CT molecular complexity index is 724. The zero-order valence-corrected chi connectivity index (χ0v) is 9.19. The van der Waals surface area contributed by atoms with Crippen LogP contribution in [-0.2, 0) is 0 Å². The molecule has 0 fully saturated rings. The van der Waals surface area contributed by atoms with Crippen molar-refractivity contribution in [2.45, 2.75) is 0 Å². The van der Waals surface area contributed by atoms with Crippen molar-refractivity contribution >= 4 is 28.8 Å². The van der Waals surface area contributed by atoms with Crippen LogP contribution in [0.1, 0.15) is 31.2 Å². The molecule has 1 heterocycles. The van der Waals surface area contributed by atoms with Crippen LogP contribution in [0, 0.1) is 0 Å². The summed E-state index contributed by atoms with van der Waals surface area (Å²) in [6, 6.07) is 2.30. The molecule has 2 aromatic rings. The fourth-order valence-electron chi connectivity index (χ4n) is 1.71. The Balaban J connectivity index is 3.02. The van der Waals surface area contributed by atoms with Gasteiger partial charge in [0.1, 0.15) is 6.33 Å². The number of aromatic carboxylic acids is 3. The van der Waals surface area contributed by atoms with Gasteiger partial charge in [0.15, 0.2) is 5.69 Å². The molecule has 0 saturated heterocycles. The summed E-state index contributed by atoms with van der Waals surface area (Å²) >= 11 is 0. The van der Waals surface area contributed by atoms with E-state index in [2.05, 4.69) is 9.97 Å². The summed E-state index contributed by atoms with van der Waals surface area (Å²) in [4.78, 5) is 40.5. The number of hydrogen-bond acceptors (Lipinski definition) is 5. The van der Waals surface area contributed by atoms with Crippen LogP contribution in [0.15, 0.2) is 18.5 Å². The fourth-order valence-corrected chi connectivity index (χ4v) is 1.71. The standard InChI is InChI=1S/C11H6N2O6/c14-9(15)4-1-2-5-7(6(4)10(16)17)8(11(18)19)13-3-12-5/h1-3H,(H,14,15)(H,16,17)(H,18,19). The largest absolute Gasteiger partial charge is 0.478 e. The van der Waals surface area contributed by atoms with Crippen LogP contribution < -0.4 is 0 Å². The van der Waals surface area contributed by atoms with Gasteiger partial charge in [-0.1, -0.05) is 0 Å². The van der Waals surface area contributed by atoms with Crippen molar-refractivity contribution < 1.29 is 29.7 Å². The Morgan fingerprint density at radius 1 is 0.895 bits per heavy atom. The average molecular weight is 262 g/mol. The Morgan fingerprint density at radius 2 is 1.58 bits per heavy atom. The monoisotopic (exact) mass is 262 g/mol. The Kier molecular flexibility index (Phi) is 2.83. The van der Waals surface area contributed by atoms with Gasteiger partial charge in [0.25, 0.3) is 0 Å². The highest BCUT2D eigenvalue weighted by Crippen LogP contribution is 2.24. The second-order valence-corrected chi connectivity index (χ2v) is 3.52. The van der Waals surface area contributed by atoms with Crippen molar-refractivity contribution in [2.75, 3.05) is 0 Å². The molecule has 1 aromatic carbocycles. The first-order chi connectivity index (χ1) is 8.93. The molecular formula is C11H6N2O6. The topological polar surface area (TPSA) is 138 Å². The minimum atomic E-state index is -1.56. The number of nitrogens with zero attached hydrogens (tertiary/aromatic N) is 2. The molecule has 8 nitrogen and oxygen atoms in total. The van der Waals surface area contributed by atoms with Crippen molar-refractivity contribution in [3.63, 3.8) is 0 Å². The summed E-state index contributed by atoms with van der Waals surface area (Å²) in [6.45, 7) is 0.